The molecule has 1 heterocycles. The Labute approximate surface area is 78.1 Å². The van der Waals surface area contributed by atoms with Crippen LogP contribution in [-0.4, -0.2) is 31.0 Å². The van der Waals surface area contributed by atoms with Gasteiger partial charge in [-0.3, -0.25) is 4.79 Å². The van der Waals surface area contributed by atoms with Crippen molar-refractivity contribution in [2.75, 3.05) is 25.2 Å². The first kappa shape index (κ1) is 10.1. The van der Waals surface area contributed by atoms with Gasteiger partial charge in [-0.1, -0.05) is 0 Å². The molecule has 0 aromatic carbocycles. The quantitative estimate of drug-likeness (QED) is 0.629. The van der Waals surface area contributed by atoms with Crippen molar-refractivity contribution in [3.05, 3.63) is 0 Å². The Morgan fingerprint density at radius 2 is 2.50 bits per heavy atom. The van der Waals surface area contributed by atoms with E-state index >= 15 is 0 Å². The summed E-state index contributed by atoms with van der Waals surface area (Å²) in [6, 6.07) is 0. The van der Waals surface area contributed by atoms with Gasteiger partial charge in [-0.05, 0) is 24.9 Å². The zero-order chi connectivity index (χ0) is 8.81. The van der Waals surface area contributed by atoms with E-state index in [1.54, 1.807) is 0 Å². The van der Waals surface area contributed by atoms with Crippen LogP contribution in [-0.2, 0) is 9.53 Å². The van der Waals surface area contributed by atoms with Gasteiger partial charge in [0.2, 0.25) is 0 Å². The summed E-state index contributed by atoms with van der Waals surface area (Å²) in [6.45, 7) is 1.30. The van der Waals surface area contributed by atoms with Crippen LogP contribution < -0.4 is 0 Å². The smallest absolute Gasteiger partial charge is 0.140 e. The standard InChI is InChI=1S/C9H16O2S/c1-12-6-2-3-8-7-11-5-4-9(8)10/h8H,2-7H2,1H3. The molecular formula is C9H16O2S. The molecule has 0 N–H and O–H groups in total. The zero-order valence-corrected chi connectivity index (χ0v) is 8.36. The molecule has 0 bridgehead atoms. The van der Waals surface area contributed by atoms with Crippen molar-refractivity contribution >= 4 is 17.5 Å². The van der Waals surface area contributed by atoms with Gasteiger partial charge in [0.05, 0.1) is 13.2 Å². The molecular weight excluding hydrogens is 172 g/mol. The maximum atomic E-state index is 11.3. The molecule has 1 saturated heterocycles. The van der Waals surface area contributed by atoms with Gasteiger partial charge in [0.1, 0.15) is 5.78 Å². The summed E-state index contributed by atoms with van der Waals surface area (Å²) < 4.78 is 5.26. The second-order valence-electron chi connectivity index (χ2n) is 3.12. The minimum Gasteiger partial charge on any atom is -0.380 e. The Balaban J connectivity index is 2.16. The van der Waals surface area contributed by atoms with Gasteiger partial charge >= 0.3 is 0 Å². The molecule has 1 aliphatic heterocycles. The van der Waals surface area contributed by atoms with Gasteiger partial charge in [-0.15, -0.1) is 0 Å². The van der Waals surface area contributed by atoms with Crippen LogP contribution in [0.4, 0.5) is 0 Å². The highest BCUT2D eigenvalue weighted by Crippen LogP contribution is 2.16. The number of ketones is 1. The molecule has 0 saturated carbocycles. The van der Waals surface area contributed by atoms with Crippen LogP contribution in [0.5, 0.6) is 0 Å². The van der Waals surface area contributed by atoms with Crippen LogP contribution in [0.2, 0.25) is 0 Å². The van der Waals surface area contributed by atoms with Gasteiger partial charge in [-0.2, -0.15) is 11.8 Å². The third-order valence-electron chi connectivity index (χ3n) is 2.17. The van der Waals surface area contributed by atoms with Crippen molar-refractivity contribution in [3.8, 4) is 0 Å². The summed E-state index contributed by atoms with van der Waals surface area (Å²) in [5, 5.41) is 0. The van der Waals surface area contributed by atoms with Crippen molar-refractivity contribution < 1.29 is 9.53 Å². The Morgan fingerprint density at radius 3 is 3.17 bits per heavy atom. The summed E-state index contributed by atoms with van der Waals surface area (Å²) in [4.78, 5) is 11.3. The van der Waals surface area contributed by atoms with Crippen molar-refractivity contribution in [1.29, 1.82) is 0 Å². The average Bonchev–Trinajstić information content (AvgIpc) is 2.09. The molecule has 1 unspecified atom stereocenters. The number of carbonyl (C=O) groups excluding carboxylic acids is 1. The molecule has 0 aromatic heterocycles. The fourth-order valence-electron chi connectivity index (χ4n) is 1.41. The molecule has 2 nitrogen and oxygen atoms in total. The monoisotopic (exact) mass is 188 g/mol. The molecule has 1 rings (SSSR count). The maximum Gasteiger partial charge on any atom is 0.140 e. The van der Waals surface area contributed by atoms with E-state index in [-0.39, 0.29) is 5.92 Å². The molecule has 1 fully saturated rings. The van der Waals surface area contributed by atoms with Crippen LogP contribution in [0.25, 0.3) is 0 Å². The van der Waals surface area contributed by atoms with E-state index in [1.807, 2.05) is 11.8 Å². The lowest BCUT2D eigenvalue weighted by molar-refractivity contribution is -0.130. The molecule has 12 heavy (non-hydrogen) atoms. The second-order valence-corrected chi connectivity index (χ2v) is 4.11. The lowest BCUT2D eigenvalue weighted by Crippen LogP contribution is -2.27. The lowest BCUT2D eigenvalue weighted by Gasteiger charge is -2.20. The largest absolute Gasteiger partial charge is 0.380 e. The van der Waals surface area contributed by atoms with Gasteiger partial charge in [0.25, 0.3) is 0 Å². The fourth-order valence-corrected chi connectivity index (χ4v) is 1.87. The van der Waals surface area contributed by atoms with Crippen LogP contribution in [0, 0.1) is 5.92 Å². The number of ether oxygens (including phenoxy) is 1. The van der Waals surface area contributed by atoms with Crippen LogP contribution in [0.15, 0.2) is 0 Å². The van der Waals surface area contributed by atoms with Crippen LogP contribution in [0.3, 0.4) is 0 Å². The Kier molecular flexibility index (Phi) is 4.69. The van der Waals surface area contributed by atoms with E-state index < -0.39 is 0 Å². The van der Waals surface area contributed by atoms with Gasteiger partial charge < -0.3 is 4.74 Å². The predicted octanol–water partition coefficient (Wildman–Crippen LogP) is 1.74. The zero-order valence-electron chi connectivity index (χ0n) is 7.54. The Morgan fingerprint density at radius 1 is 1.67 bits per heavy atom. The molecule has 0 radical (unpaired) electrons. The number of carbonyl (C=O) groups is 1. The Bertz CT molecular complexity index is 147. The normalized spacial score (nSPS) is 24.4. The minimum atomic E-state index is 0.200. The number of Topliss-reactive ketones (excluding diaryl/α,β-unsaturated/α-hetero) is 1. The molecule has 0 aromatic rings. The van der Waals surface area contributed by atoms with Crippen molar-refractivity contribution in [3.63, 3.8) is 0 Å². The molecule has 1 aliphatic rings. The van der Waals surface area contributed by atoms with E-state index in [0.29, 0.717) is 25.4 Å². The summed E-state index contributed by atoms with van der Waals surface area (Å²) >= 11 is 1.84. The first-order chi connectivity index (χ1) is 5.84. The van der Waals surface area contributed by atoms with Crippen molar-refractivity contribution in [2.45, 2.75) is 19.3 Å². The summed E-state index contributed by atoms with van der Waals surface area (Å²) in [6.07, 6.45) is 4.88. The number of thioether (sulfide) groups is 1. The predicted molar refractivity (Wildman–Crippen MR) is 51.5 cm³/mol. The lowest BCUT2D eigenvalue weighted by atomic mass is 9.96. The highest BCUT2D eigenvalue weighted by atomic mass is 32.2. The highest BCUT2D eigenvalue weighted by molar-refractivity contribution is 7.98. The third kappa shape index (κ3) is 3.15. The first-order valence-corrected chi connectivity index (χ1v) is 5.83. The van der Waals surface area contributed by atoms with Gasteiger partial charge in [0, 0.05) is 12.3 Å². The van der Waals surface area contributed by atoms with Gasteiger partial charge in [-0.25, -0.2) is 0 Å². The van der Waals surface area contributed by atoms with Gasteiger partial charge in [0.15, 0.2) is 0 Å². The number of hydrogen-bond donors (Lipinski definition) is 0. The molecule has 70 valence electrons. The SMILES string of the molecule is CSCCCC1COCCC1=O. The fraction of sp³-hybridized carbons (Fsp3) is 0.889. The van der Waals surface area contributed by atoms with E-state index in [1.165, 1.54) is 0 Å². The number of rotatable bonds is 4. The third-order valence-corrected chi connectivity index (χ3v) is 2.87. The highest BCUT2D eigenvalue weighted by Gasteiger charge is 2.21. The molecule has 3 heteroatoms. The van der Waals surface area contributed by atoms with Crippen molar-refractivity contribution in [1.82, 2.24) is 0 Å². The Hall–Kier alpha value is -0.0200. The van der Waals surface area contributed by atoms with E-state index in [4.69, 9.17) is 4.74 Å². The van der Waals surface area contributed by atoms with E-state index in [0.717, 1.165) is 18.6 Å². The summed E-state index contributed by atoms with van der Waals surface area (Å²) in [5.74, 6) is 1.76. The molecule has 0 spiro atoms. The number of hydrogen-bond acceptors (Lipinski definition) is 3. The topological polar surface area (TPSA) is 26.3 Å². The van der Waals surface area contributed by atoms with Crippen molar-refractivity contribution in [2.24, 2.45) is 5.92 Å². The minimum absolute atomic E-state index is 0.200. The first-order valence-electron chi connectivity index (χ1n) is 4.44. The molecule has 0 aliphatic carbocycles. The maximum absolute atomic E-state index is 11.3. The molecule has 0 amide bonds. The molecule has 1 atom stereocenters. The summed E-state index contributed by atoms with van der Waals surface area (Å²) in [5.41, 5.74) is 0. The van der Waals surface area contributed by atoms with Crippen LogP contribution in [0.1, 0.15) is 19.3 Å². The van der Waals surface area contributed by atoms with E-state index in [2.05, 4.69) is 6.26 Å². The summed E-state index contributed by atoms with van der Waals surface area (Å²) in [7, 11) is 0. The second kappa shape index (κ2) is 5.60. The average molecular weight is 188 g/mol. The van der Waals surface area contributed by atoms with E-state index in [9.17, 15) is 4.79 Å². The van der Waals surface area contributed by atoms with Crippen LogP contribution >= 0.6 is 11.8 Å².